The highest BCUT2D eigenvalue weighted by Crippen LogP contribution is 2.21. The molecule has 0 bridgehead atoms. The minimum atomic E-state index is -0.841. The lowest BCUT2D eigenvalue weighted by Gasteiger charge is -2.08. The number of nitrogens with one attached hydrogen (secondary N) is 2. The summed E-state index contributed by atoms with van der Waals surface area (Å²) in [6.45, 7) is 10.5. The molecule has 144 valence electrons. The highest BCUT2D eigenvalue weighted by Gasteiger charge is 2.21. The van der Waals surface area contributed by atoms with Gasteiger partial charge in [0.15, 0.2) is 0 Å². The van der Waals surface area contributed by atoms with Crippen LogP contribution in [0.2, 0.25) is 0 Å². The van der Waals surface area contributed by atoms with E-state index in [1.807, 2.05) is 24.3 Å². The fraction of sp³-hybridized carbons (Fsp3) is 0.500. The van der Waals surface area contributed by atoms with Crippen molar-refractivity contribution in [3.05, 3.63) is 48.6 Å². The van der Waals surface area contributed by atoms with Gasteiger partial charge in [0.25, 0.3) is 0 Å². The van der Waals surface area contributed by atoms with Crippen LogP contribution in [0, 0.1) is 0 Å². The molecule has 1 unspecified atom stereocenters. The van der Waals surface area contributed by atoms with Gasteiger partial charge in [-0.1, -0.05) is 24.3 Å². The second-order valence-electron chi connectivity index (χ2n) is 6.46. The Balaban J connectivity index is 0.000000204. The normalized spacial score (nSPS) is 19.4. The molecule has 3 aliphatic rings. The molecule has 1 aromatic rings. The van der Waals surface area contributed by atoms with Crippen LogP contribution in [0.1, 0.15) is 43.7 Å². The number of hydrogen-bond acceptors (Lipinski definition) is 3. The van der Waals surface area contributed by atoms with Crippen LogP contribution >= 0.6 is 0 Å². The summed E-state index contributed by atoms with van der Waals surface area (Å²) < 4.78 is 0. The lowest BCUT2D eigenvalue weighted by molar-refractivity contribution is -0.109. The molecule has 4 rings (SSSR count). The first-order valence-corrected chi connectivity index (χ1v) is 9.08. The monoisotopic (exact) mass is 361 g/mol. The number of benzene rings is 1. The third-order valence-electron chi connectivity index (χ3n) is 4.30. The maximum Gasteiger partial charge on any atom is 0.407 e. The van der Waals surface area contributed by atoms with Gasteiger partial charge in [-0.15, -0.1) is 13.2 Å². The molecule has 1 aliphatic carbocycles. The van der Waals surface area contributed by atoms with Gasteiger partial charge >= 0.3 is 6.09 Å². The Morgan fingerprint density at radius 1 is 1.23 bits per heavy atom. The molecule has 26 heavy (non-hydrogen) atoms. The summed E-state index contributed by atoms with van der Waals surface area (Å²) in [6.07, 6.45) is 5.03. The van der Waals surface area contributed by atoms with E-state index in [1.165, 1.54) is 37.1 Å². The van der Waals surface area contributed by atoms with E-state index < -0.39 is 6.09 Å². The molecular weight excluding hydrogens is 330 g/mol. The Morgan fingerprint density at radius 3 is 2.08 bits per heavy atom. The minimum absolute atomic E-state index is 0.530. The second kappa shape index (κ2) is 12.1. The van der Waals surface area contributed by atoms with E-state index in [-0.39, 0.29) is 0 Å². The first-order chi connectivity index (χ1) is 12.6. The quantitative estimate of drug-likeness (QED) is 0.558. The third-order valence-corrected chi connectivity index (χ3v) is 4.30. The molecule has 1 aromatic carbocycles. The number of nitrogens with zero attached hydrogens (tertiary/aromatic N) is 1. The Labute approximate surface area is 156 Å². The van der Waals surface area contributed by atoms with E-state index in [0.717, 1.165) is 23.6 Å². The second-order valence-corrected chi connectivity index (χ2v) is 6.46. The molecule has 1 saturated heterocycles. The summed E-state index contributed by atoms with van der Waals surface area (Å²) in [5.41, 5.74) is 2.25. The van der Waals surface area contributed by atoms with Crippen LogP contribution in [0.4, 0.5) is 4.79 Å². The topological polar surface area (TPSA) is 81.7 Å². The standard InChI is InChI=1S/C9H9NO2.C5H11N.C4H7NO.C2H4/c11-9(12)10-5-7-3-1-2-4-8(7)6-10;1-5-3-2-4-6-5;6-3-5-4-1-2-4;1-2/h1-4H,5-6H2,(H,11,12);5-6H,2-4H2,1H3;3-4H,1-2H2,(H,5,6);1-2H2. The van der Waals surface area contributed by atoms with E-state index in [2.05, 4.69) is 30.7 Å². The smallest absolute Gasteiger partial charge is 0.407 e. The fourth-order valence-corrected chi connectivity index (χ4v) is 2.67. The zero-order valence-corrected chi connectivity index (χ0v) is 15.6. The van der Waals surface area contributed by atoms with Gasteiger partial charge in [0.05, 0.1) is 0 Å². The molecule has 2 aliphatic heterocycles. The summed E-state index contributed by atoms with van der Waals surface area (Å²) in [6, 6.07) is 9.14. The summed E-state index contributed by atoms with van der Waals surface area (Å²) in [5.74, 6) is 0. The van der Waals surface area contributed by atoms with Crippen LogP contribution in [0.3, 0.4) is 0 Å². The average molecular weight is 361 g/mol. The number of carboxylic acid groups (broad SMARTS) is 1. The van der Waals surface area contributed by atoms with Gasteiger partial charge in [-0.3, -0.25) is 9.69 Å². The summed E-state index contributed by atoms with van der Waals surface area (Å²) in [5, 5.41) is 14.7. The summed E-state index contributed by atoms with van der Waals surface area (Å²) in [7, 11) is 0. The molecule has 6 nitrogen and oxygen atoms in total. The average Bonchev–Trinajstić information content (AvgIpc) is 3.16. The first-order valence-electron chi connectivity index (χ1n) is 9.08. The molecule has 1 saturated carbocycles. The number of hydrogen-bond donors (Lipinski definition) is 3. The first kappa shape index (κ1) is 21.7. The van der Waals surface area contributed by atoms with E-state index in [9.17, 15) is 9.59 Å². The van der Waals surface area contributed by atoms with Crippen molar-refractivity contribution in [1.82, 2.24) is 15.5 Å². The van der Waals surface area contributed by atoms with Crippen LogP contribution < -0.4 is 10.6 Å². The van der Waals surface area contributed by atoms with Crippen molar-refractivity contribution in [2.75, 3.05) is 6.54 Å². The maximum absolute atomic E-state index is 10.6. The highest BCUT2D eigenvalue weighted by molar-refractivity contribution is 5.66. The largest absolute Gasteiger partial charge is 0.465 e. The van der Waals surface area contributed by atoms with Crippen molar-refractivity contribution in [3.63, 3.8) is 0 Å². The highest BCUT2D eigenvalue weighted by atomic mass is 16.4. The predicted octanol–water partition coefficient (Wildman–Crippen LogP) is 3.14. The zero-order valence-electron chi connectivity index (χ0n) is 15.6. The van der Waals surface area contributed by atoms with Crippen LogP contribution in [0.5, 0.6) is 0 Å². The van der Waals surface area contributed by atoms with E-state index in [4.69, 9.17) is 5.11 Å². The van der Waals surface area contributed by atoms with Crippen molar-refractivity contribution >= 4 is 12.5 Å². The molecule has 0 spiro atoms. The Hall–Kier alpha value is -2.34. The number of fused-ring (bicyclic) bond motifs is 1. The van der Waals surface area contributed by atoms with E-state index in [1.54, 1.807) is 0 Å². The Bertz CT molecular complexity index is 530. The molecule has 2 fully saturated rings. The molecule has 3 N–H and O–H groups in total. The molecule has 1 atom stereocenters. The van der Waals surface area contributed by atoms with Crippen LogP contribution in [0.15, 0.2) is 37.4 Å². The van der Waals surface area contributed by atoms with Crippen LogP contribution in [-0.4, -0.2) is 41.1 Å². The third kappa shape index (κ3) is 8.16. The predicted molar refractivity (Wildman–Crippen MR) is 104 cm³/mol. The van der Waals surface area contributed by atoms with Crippen molar-refractivity contribution in [1.29, 1.82) is 0 Å². The number of carbonyl (C=O) groups is 2. The van der Waals surface area contributed by atoms with Crippen molar-refractivity contribution in [2.24, 2.45) is 0 Å². The lowest BCUT2D eigenvalue weighted by atomic mass is 10.1. The van der Waals surface area contributed by atoms with Gasteiger partial charge in [-0.05, 0) is 50.3 Å². The van der Waals surface area contributed by atoms with Gasteiger partial charge < -0.3 is 15.7 Å². The van der Waals surface area contributed by atoms with Gasteiger partial charge in [-0.25, -0.2) is 4.79 Å². The zero-order chi connectivity index (χ0) is 19.4. The van der Waals surface area contributed by atoms with E-state index in [0.29, 0.717) is 19.1 Å². The van der Waals surface area contributed by atoms with Crippen LogP contribution in [-0.2, 0) is 17.9 Å². The van der Waals surface area contributed by atoms with E-state index >= 15 is 0 Å². The summed E-state index contributed by atoms with van der Waals surface area (Å²) in [4.78, 5) is 21.5. The minimum Gasteiger partial charge on any atom is -0.465 e. The van der Waals surface area contributed by atoms with Gasteiger partial charge in [-0.2, -0.15) is 0 Å². The fourth-order valence-electron chi connectivity index (χ4n) is 2.67. The van der Waals surface area contributed by atoms with Gasteiger partial charge in [0, 0.05) is 25.2 Å². The molecule has 6 heteroatoms. The number of rotatable bonds is 2. The molecular formula is C20H31N3O3. The lowest BCUT2D eigenvalue weighted by Crippen LogP contribution is -2.22. The van der Waals surface area contributed by atoms with Crippen molar-refractivity contribution in [2.45, 2.75) is 57.8 Å². The molecule has 0 radical (unpaired) electrons. The Morgan fingerprint density at radius 2 is 1.81 bits per heavy atom. The maximum atomic E-state index is 10.6. The number of carbonyl (C=O) groups excluding carboxylic acids is 1. The number of amides is 2. The van der Waals surface area contributed by atoms with Gasteiger partial charge in [0.1, 0.15) is 0 Å². The van der Waals surface area contributed by atoms with Crippen LogP contribution in [0.25, 0.3) is 0 Å². The SMILES string of the molecule is C=C.CC1CCCN1.O=C(O)N1Cc2ccccc2C1.O=CNC1CC1. The van der Waals surface area contributed by atoms with Gasteiger partial charge in [0.2, 0.25) is 6.41 Å². The molecule has 0 aromatic heterocycles. The van der Waals surface area contributed by atoms with Crippen molar-refractivity contribution < 1.29 is 14.7 Å². The molecule has 2 heterocycles. The molecule has 2 amide bonds. The summed E-state index contributed by atoms with van der Waals surface area (Å²) >= 11 is 0. The van der Waals surface area contributed by atoms with Crippen molar-refractivity contribution in [3.8, 4) is 0 Å². The Kier molecular flexibility index (Phi) is 10.1.